The van der Waals surface area contributed by atoms with Crippen molar-refractivity contribution in [2.45, 2.75) is 4.75 Å². The minimum atomic E-state index is -5.10. The quantitative estimate of drug-likeness (QED) is 0.311. The molecule has 0 fully saturated rings. The molecular formula is C19H12Cl4O5S. The van der Waals surface area contributed by atoms with E-state index in [1.165, 1.54) is 42.5 Å². The number of rotatable bonds is 4. The molecule has 3 N–H and O–H groups in total. The minimum Gasteiger partial charge on any atom is -0.507 e. The first kappa shape index (κ1) is 22.0. The van der Waals surface area contributed by atoms with Crippen molar-refractivity contribution in [1.82, 2.24) is 0 Å². The van der Waals surface area contributed by atoms with Crippen molar-refractivity contribution < 1.29 is 23.2 Å². The second-order valence-corrected chi connectivity index (χ2v) is 9.36. The fourth-order valence-electron chi connectivity index (χ4n) is 3.19. The first-order valence-electron chi connectivity index (χ1n) is 7.89. The molecule has 5 nitrogen and oxygen atoms in total. The van der Waals surface area contributed by atoms with Crippen LogP contribution < -0.4 is 0 Å². The average Bonchev–Trinajstić information content (AvgIpc) is 2.61. The molecule has 0 bridgehead atoms. The van der Waals surface area contributed by atoms with Crippen LogP contribution in [-0.4, -0.2) is 23.2 Å². The maximum Gasteiger partial charge on any atom is 0.283 e. The lowest BCUT2D eigenvalue weighted by Gasteiger charge is -2.34. The number of benzene rings is 3. The van der Waals surface area contributed by atoms with E-state index in [-0.39, 0.29) is 36.8 Å². The van der Waals surface area contributed by atoms with E-state index in [0.717, 1.165) is 12.1 Å². The zero-order valence-corrected chi connectivity index (χ0v) is 18.1. The summed E-state index contributed by atoms with van der Waals surface area (Å²) in [6.07, 6.45) is 0. The van der Waals surface area contributed by atoms with Crippen LogP contribution in [0, 0.1) is 0 Å². The van der Waals surface area contributed by atoms with Gasteiger partial charge in [-0.2, -0.15) is 8.42 Å². The van der Waals surface area contributed by atoms with Gasteiger partial charge in [-0.3, -0.25) is 4.55 Å². The van der Waals surface area contributed by atoms with E-state index < -0.39 is 26.4 Å². The van der Waals surface area contributed by atoms with Crippen molar-refractivity contribution in [3.63, 3.8) is 0 Å². The van der Waals surface area contributed by atoms with Gasteiger partial charge in [-0.25, -0.2) is 0 Å². The van der Waals surface area contributed by atoms with Gasteiger partial charge in [0.2, 0.25) is 0 Å². The molecule has 0 radical (unpaired) electrons. The van der Waals surface area contributed by atoms with E-state index in [1.54, 1.807) is 0 Å². The summed E-state index contributed by atoms with van der Waals surface area (Å²) in [4.78, 5) is 0. The molecule has 0 saturated carbocycles. The normalized spacial score (nSPS) is 13.8. The lowest BCUT2D eigenvalue weighted by Crippen LogP contribution is -2.38. The van der Waals surface area contributed by atoms with Crippen LogP contribution in [0.15, 0.2) is 54.6 Å². The number of phenols is 2. The standard InChI is InChI=1S/C19H12Cl4O5S/c20-11-3-1-2-10(6-11)19(29(26,27)28,13-7-12(21)4-5-15(13)22)14-8-16(23)18(25)9-17(14)24/h1-9,24-25H,(H,26,27,28). The van der Waals surface area contributed by atoms with Crippen LogP contribution in [0.4, 0.5) is 0 Å². The molecule has 0 heterocycles. The third-order valence-electron chi connectivity index (χ3n) is 4.37. The molecule has 1 unspecified atom stereocenters. The Bertz CT molecular complexity index is 1210. The SMILES string of the molecule is O=S(=O)(O)C(c1cccc(Cl)c1)(c1cc(Cl)c(O)cc1O)c1cc(Cl)ccc1Cl. The van der Waals surface area contributed by atoms with Crippen molar-refractivity contribution in [2.75, 3.05) is 0 Å². The monoisotopic (exact) mass is 492 g/mol. The smallest absolute Gasteiger partial charge is 0.283 e. The van der Waals surface area contributed by atoms with Crippen LogP contribution >= 0.6 is 46.4 Å². The molecule has 0 aliphatic rings. The van der Waals surface area contributed by atoms with Crippen LogP contribution in [0.25, 0.3) is 0 Å². The van der Waals surface area contributed by atoms with Crippen LogP contribution in [0.3, 0.4) is 0 Å². The van der Waals surface area contributed by atoms with Crippen molar-refractivity contribution in [2.24, 2.45) is 0 Å². The highest BCUT2D eigenvalue weighted by atomic mass is 35.5. The fourth-order valence-corrected chi connectivity index (χ4v) is 5.34. The number of hydrogen-bond donors (Lipinski definition) is 3. The minimum absolute atomic E-state index is 0.0336. The van der Waals surface area contributed by atoms with Gasteiger partial charge < -0.3 is 10.2 Å². The molecule has 0 aliphatic carbocycles. The summed E-state index contributed by atoms with van der Waals surface area (Å²) in [6.45, 7) is 0. The van der Waals surface area contributed by atoms with Crippen LogP contribution in [-0.2, 0) is 14.9 Å². The van der Waals surface area contributed by atoms with Gasteiger partial charge in [-0.15, -0.1) is 0 Å². The Morgan fingerprint density at radius 1 is 0.724 bits per heavy atom. The van der Waals surface area contributed by atoms with E-state index in [1.807, 2.05) is 0 Å². The molecule has 0 spiro atoms. The largest absolute Gasteiger partial charge is 0.507 e. The van der Waals surface area contributed by atoms with Crippen molar-refractivity contribution >= 4 is 56.5 Å². The fraction of sp³-hybridized carbons (Fsp3) is 0.0526. The van der Waals surface area contributed by atoms with E-state index >= 15 is 0 Å². The number of aromatic hydroxyl groups is 2. The summed E-state index contributed by atoms with van der Waals surface area (Å²) < 4.78 is 34.0. The lowest BCUT2D eigenvalue weighted by molar-refractivity contribution is 0.431. The Morgan fingerprint density at radius 2 is 1.38 bits per heavy atom. The molecule has 0 aromatic heterocycles. The summed E-state index contributed by atoms with van der Waals surface area (Å²) in [6, 6.07) is 11.6. The van der Waals surface area contributed by atoms with Gasteiger partial charge in [-0.1, -0.05) is 58.5 Å². The summed E-state index contributed by atoms with van der Waals surface area (Å²) in [5, 5.41) is 20.3. The van der Waals surface area contributed by atoms with Crippen molar-refractivity contribution in [1.29, 1.82) is 0 Å². The predicted octanol–water partition coefficient (Wildman–Crippen LogP) is 5.89. The Hall–Kier alpha value is -1.67. The highest BCUT2D eigenvalue weighted by molar-refractivity contribution is 7.87. The molecule has 3 aromatic carbocycles. The zero-order valence-electron chi connectivity index (χ0n) is 14.3. The van der Waals surface area contributed by atoms with E-state index in [4.69, 9.17) is 46.4 Å². The van der Waals surface area contributed by atoms with Crippen molar-refractivity contribution in [3.05, 3.63) is 91.4 Å². The van der Waals surface area contributed by atoms with Gasteiger partial charge in [0.1, 0.15) is 11.5 Å². The number of phenolic OH excluding ortho intramolecular Hbond substituents is 2. The van der Waals surface area contributed by atoms with Crippen LogP contribution in [0.1, 0.15) is 16.7 Å². The van der Waals surface area contributed by atoms with Gasteiger partial charge in [0.25, 0.3) is 10.1 Å². The maximum absolute atomic E-state index is 13.0. The van der Waals surface area contributed by atoms with Gasteiger partial charge >= 0.3 is 0 Å². The lowest BCUT2D eigenvalue weighted by atomic mass is 9.83. The van der Waals surface area contributed by atoms with Gasteiger partial charge in [0.05, 0.1) is 5.02 Å². The Morgan fingerprint density at radius 3 is 2.00 bits per heavy atom. The number of hydrogen-bond acceptors (Lipinski definition) is 4. The second kappa shape index (κ2) is 7.87. The van der Waals surface area contributed by atoms with Gasteiger partial charge in [0.15, 0.2) is 4.75 Å². The summed E-state index contributed by atoms with van der Waals surface area (Å²) in [7, 11) is -5.10. The third-order valence-corrected chi connectivity index (χ3v) is 6.92. The summed E-state index contributed by atoms with van der Waals surface area (Å²) in [5.41, 5.74) is -0.531. The Balaban J connectivity index is 2.63. The number of halogens is 4. The van der Waals surface area contributed by atoms with Crippen molar-refractivity contribution in [3.8, 4) is 11.5 Å². The maximum atomic E-state index is 13.0. The summed E-state index contributed by atoms with van der Waals surface area (Å²) in [5.74, 6) is -1.14. The molecule has 0 saturated heterocycles. The topological polar surface area (TPSA) is 94.8 Å². The molecular weight excluding hydrogens is 482 g/mol. The molecule has 29 heavy (non-hydrogen) atoms. The first-order chi connectivity index (χ1) is 13.5. The predicted molar refractivity (Wildman–Crippen MR) is 114 cm³/mol. The molecule has 3 rings (SSSR count). The van der Waals surface area contributed by atoms with Crippen LogP contribution in [0.5, 0.6) is 11.5 Å². The molecule has 152 valence electrons. The van der Waals surface area contributed by atoms with E-state index in [0.29, 0.717) is 0 Å². The molecule has 3 aromatic rings. The van der Waals surface area contributed by atoms with E-state index in [2.05, 4.69) is 0 Å². The van der Waals surface area contributed by atoms with E-state index in [9.17, 15) is 23.2 Å². The average molecular weight is 494 g/mol. The zero-order chi connectivity index (χ0) is 21.6. The first-order valence-corrected chi connectivity index (χ1v) is 10.8. The van der Waals surface area contributed by atoms with Gasteiger partial charge in [0, 0.05) is 32.3 Å². The molecule has 0 amide bonds. The Labute approximate surface area is 186 Å². The van der Waals surface area contributed by atoms with Gasteiger partial charge in [-0.05, 0) is 42.0 Å². The molecule has 1 atom stereocenters. The summed E-state index contributed by atoms with van der Waals surface area (Å²) >= 11 is 24.5. The second-order valence-electron chi connectivity index (χ2n) is 6.11. The molecule has 10 heteroatoms. The molecule has 0 aliphatic heterocycles. The van der Waals surface area contributed by atoms with Crippen LogP contribution in [0.2, 0.25) is 20.1 Å². The highest BCUT2D eigenvalue weighted by Gasteiger charge is 2.51. The third kappa shape index (κ3) is 3.77. The highest BCUT2D eigenvalue weighted by Crippen LogP contribution is 2.51. The Kier molecular flexibility index (Phi) is 5.98.